The van der Waals surface area contributed by atoms with Gasteiger partial charge in [-0.1, -0.05) is 38.5 Å². The van der Waals surface area contributed by atoms with Crippen LogP contribution in [0.5, 0.6) is 5.88 Å². The Kier molecular flexibility index (Phi) is 6.84. The number of hydrogen-bond donors (Lipinski definition) is 5. The summed E-state index contributed by atoms with van der Waals surface area (Å²) >= 11 is 0. The highest BCUT2D eigenvalue weighted by molar-refractivity contribution is 5.91. The Labute approximate surface area is 181 Å². The average molecular weight is 424 g/mol. The fraction of sp³-hybridized carbons (Fsp3) is 0.333. The maximum absolute atomic E-state index is 12.7. The SMILES string of the molecule is CCCCc1c(C(=O)O)ccc(N)c1CNC(=O)C[C@@H](C)c1c(O)[nH]c2ccccc12. The molecule has 7 heteroatoms. The molecule has 0 aliphatic carbocycles. The molecule has 0 bridgehead atoms. The van der Waals surface area contributed by atoms with Crippen LogP contribution in [0, 0.1) is 0 Å². The fourth-order valence-corrected chi connectivity index (χ4v) is 4.05. The van der Waals surface area contributed by atoms with Gasteiger partial charge < -0.3 is 26.2 Å². The van der Waals surface area contributed by atoms with Crippen LogP contribution >= 0.6 is 0 Å². The molecule has 7 nitrogen and oxygen atoms in total. The van der Waals surface area contributed by atoms with Gasteiger partial charge in [-0.25, -0.2) is 4.79 Å². The van der Waals surface area contributed by atoms with E-state index >= 15 is 0 Å². The van der Waals surface area contributed by atoms with Crippen molar-refractivity contribution in [2.75, 3.05) is 5.73 Å². The van der Waals surface area contributed by atoms with Crippen molar-refractivity contribution in [3.05, 3.63) is 58.7 Å². The van der Waals surface area contributed by atoms with Crippen LogP contribution < -0.4 is 11.1 Å². The maximum atomic E-state index is 12.7. The van der Waals surface area contributed by atoms with Gasteiger partial charge in [-0.05, 0) is 48.1 Å². The first-order valence-electron chi connectivity index (χ1n) is 10.5. The summed E-state index contributed by atoms with van der Waals surface area (Å²) in [5.41, 5.74) is 9.69. The molecular weight excluding hydrogens is 394 g/mol. The number of rotatable bonds is 9. The fourth-order valence-electron chi connectivity index (χ4n) is 4.05. The van der Waals surface area contributed by atoms with Crippen molar-refractivity contribution in [2.45, 2.75) is 52.0 Å². The number of nitrogens with one attached hydrogen (secondary N) is 2. The quantitative estimate of drug-likeness (QED) is 0.328. The minimum Gasteiger partial charge on any atom is -0.494 e. The van der Waals surface area contributed by atoms with E-state index in [4.69, 9.17) is 5.73 Å². The van der Waals surface area contributed by atoms with E-state index in [1.54, 1.807) is 6.07 Å². The molecular formula is C24H29N3O4. The number of aromatic hydroxyl groups is 1. The van der Waals surface area contributed by atoms with Gasteiger partial charge in [-0.2, -0.15) is 0 Å². The molecule has 0 saturated heterocycles. The third-order valence-electron chi connectivity index (χ3n) is 5.65. The molecule has 3 rings (SSSR count). The van der Waals surface area contributed by atoms with E-state index in [-0.39, 0.29) is 36.2 Å². The Morgan fingerprint density at radius 3 is 2.61 bits per heavy atom. The van der Waals surface area contributed by atoms with Gasteiger partial charge in [0.05, 0.1) is 5.56 Å². The van der Waals surface area contributed by atoms with Crippen molar-refractivity contribution < 1.29 is 19.8 Å². The van der Waals surface area contributed by atoms with Gasteiger partial charge in [0.1, 0.15) is 0 Å². The number of amides is 1. The lowest BCUT2D eigenvalue weighted by Crippen LogP contribution is -2.25. The highest BCUT2D eigenvalue weighted by atomic mass is 16.4. The van der Waals surface area contributed by atoms with Gasteiger partial charge in [0, 0.05) is 35.1 Å². The molecule has 2 aromatic carbocycles. The van der Waals surface area contributed by atoms with Gasteiger partial charge in [-0.3, -0.25) is 4.79 Å². The predicted octanol–water partition coefficient (Wildman–Crippen LogP) is 4.31. The van der Waals surface area contributed by atoms with E-state index in [1.807, 2.05) is 38.1 Å². The molecule has 31 heavy (non-hydrogen) atoms. The second-order valence-electron chi connectivity index (χ2n) is 7.88. The van der Waals surface area contributed by atoms with Crippen molar-refractivity contribution in [1.29, 1.82) is 0 Å². The van der Waals surface area contributed by atoms with Gasteiger partial charge in [0.25, 0.3) is 0 Å². The minimum atomic E-state index is -0.998. The molecule has 6 N–H and O–H groups in total. The highest BCUT2D eigenvalue weighted by Gasteiger charge is 2.21. The van der Waals surface area contributed by atoms with E-state index in [9.17, 15) is 19.8 Å². The van der Waals surface area contributed by atoms with Crippen LogP contribution in [0.15, 0.2) is 36.4 Å². The first kappa shape index (κ1) is 22.2. The van der Waals surface area contributed by atoms with Crippen LogP contribution in [-0.4, -0.2) is 27.1 Å². The van der Waals surface area contributed by atoms with Crippen LogP contribution in [0.2, 0.25) is 0 Å². The molecule has 3 aromatic rings. The molecule has 0 aliphatic heterocycles. The molecule has 1 heterocycles. The number of aromatic amines is 1. The molecule has 0 unspecified atom stereocenters. The zero-order valence-corrected chi connectivity index (χ0v) is 17.9. The van der Waals surface area contributed by atoms with Crippen molar-refractivity contribution in [2.24, 2.45) is 0 Å². The molecule has 1 atom stereocenters. The average Bonchev–Trinajstić information content (AvgIpc) is 3.06. The number of carbonyl (C=O) groups excluding carboxylic acids is 1. The molecule has 0 spiro atoms. The lowest BCUT2D eigenvalue weighted by Gasteiger charge is -2.17. The number of carboxylic acids is 1. The number of fused-ring (bicyclic) bond motifs is 1. The second-order valence-corrected chi connectivity index (χ2v) is 7.88. The van der Waals surface area contributed by atoms with Crippen molar-refractivity contribution in [1.82, 2.24) is 10.3 Å². The van der Waals surface area contributed by atoms with E-state index in [1.165, 1.54) is 6.07 Å². The van der Waals surface area contributed by atoms with Crippen LogP contribution in [0.4, 0.5) is 5.69 Å². The summed E-state index contributed by atoms with van der Waals surface area (Å²) in [6.07, 6.45) is 2.53. The van der Waals surface area contributed by atoms with Crippen LogP contribution in [-0.2, 0) is 17.8 Å². The molecule has 1 aromatic heterocycles. The Morgan fingerprint density at radius 1 is 1.16 bits per heavy atom. The first-order valence-corrected chi connectivity index (χ1v) is 10.5. The number of benzene rings is 2. The molecule has 0 aliphatic rings. The summed E-state index contributed by atoms with van der Waals surface area (Å²) in [4.78, 5) is 27.3. The molecule has 0 fully saturated rings. The van der Waals surface area contributed by atoms with Crippen molar-refractivity contribution in [3.63, 3.8) is 0 Å². The topological polar surface area (TPSA) is 128 Å². The Hall–Kier alpha value is -3.48. The summed E-state index contributed by atoms with van der Waals surface area (Å²) in [6, 6.07) is 10.7. The summed E-state index contributed by atoms with van der Waals surface area (Å²) in [7, 11) is 0. The minimum absolute atomic E-state index is 0.0711. The number of H-pyrrole nitrogens is 1. The number of aromatic nitrogens is 1. The van der Waals surface area contributed by atoms with Gasteiger partial charge in [0.2, 0.25) is 5.91 Å². The van der Waals surface area contributed by atoms with E-state index in [2.05, 4.69) is 10.3 Å². The Bertz CT molecular complexity index is 1100. The summed E-state index contributed by atoms with van der Waals surface area (Å²) in [6.45, 7) is 4.09. The third-order valence-corrected chi connectivity index (χ3v) is 5.65. The van der Waals surface area contributed by atoms with Crippen molar-refractivity contribution >= 4 is 28.5 Å². The summed E-state index contributed by atoms with van der Waals surface area (Å²) in [5, 5.41) is 23.6. The smallest absolute Gasteiger partial charge is 0.335 e. The molecule has 0 radical (unpaired) electrons. The number of aromatic carboxylic acids is 1. The number of para-hydroxylation sites is 1. The molecule has 1 amide bonds. The number of carbonyl (C=O) groups is 2. The number of anilines is 1. The number of hydrogen-bond acceptors (Lipinski definition) is 4. The summed E-state index contributed by atoms with van der Waals surface area (Å²) < 4.78 is 0. The van der Waals surface area contributed by atoms with E-state index < -0.39 is 5.97 Å². The summed E-state index contributed by atoms with van der Waals surface area (Å²) in [5.74, 6) is -1.33. The second kappa shape index (κ2) is 9.55. The Balaban J connectivity index is 1.75. The van der Waals surface area contributed by atoms with Crippen LogP contribution in [0.1, 0.15) is 66.1 Å². The van der Waals surface area contributed by atoms with E-state index in [0.717, 1.165) is 23.7 Å². The van der Waals surface area contributed by atoms with Crippen LogP contribution in [0.25, 0.3) is 10.9 Å². The lowest BCUT2D eigenvalue weighted by molar-refractivity contribution is -0.121. The van der Waals surface area contributed by atoms with Crippen molar-refractivity contribution in [3.8, 4) is 5.88 Å². The normalized spacial score (nSPS) is 12.1. The largest absolute Gasteiger partial charge is 0.494 e. The monoisotopic (exact) mass is 423 g/mol. The predicted molar refractivity (Wildman–Crippen MR) is 121 cm³/mol. The molecule has 164 valence electrons. The highest BCUT2D eigenvalue weighted by Crippen LogP contribution is 2.35. The standard InChI is InChI=1S/C24H29N3O4/c1-3-4-7-15-16(24(30)31)10-11-19(25)18(15)13-26-21(28)12-14(2)22-17-8-5-6-9-20(17)27-23(22)29/h5-6,8-11,14,27,29H,3-4,7,12-13,25H2,1-2H3,(H,26,28)(H,30,31)/t14-/m1/s1. The third kappa shape index (κ3) is 4.82. The van der Waals surface area contributed by atoms with Gasteiger partial charge in [0.15, 0.2) is 5.88 Å². The van der Waals surface area contributed by atoms with Gasteiger partial charge >= 0.3 is 5.97 Å². The number of unbranched alkanes of at least 4 members (excludes halogenated alkanes) is 1. The first-order chi connectivity index (χ1) is 14.8. The number of nitrogen functional groups attached to an aromatic ring is 1. The lowest BCUT2D eigenvalue weighted by atomic mass is 9.94. The van der Waals surface area contributed by atoms with Gasteiger partial charge in [-0.15, -0.1) is 0 Å². The Morgan fingerprint density at radius 2 is 1.90 bits per heavy atom. The molecule has 0 saturated carbocycles. The van der Waals surface area contributed by atoms with E-state index in [0.29, 0.717) is 28.8 Å². The number of nitrogens with two attached hydrogens (primary N) is 1. The maximum Gasteiger partial charge on any atom is 0.335 e. The zero-order chi connectivity index (χ0) is 22.5. The van der Waals surface area contributed by atoms with Crippen LogP contribution in [0.3, 0.4) is 0 Å². The zero-order valence-electron chi connectivity index (χ0n) is 17.9. The number of carboxylic acid groups (broad SMARTS) is 1.